The van der Waals surface area contributed by atoms with Gasteiger partial charge in [-0.05, 0) is 25.1 Å². The number of hydrogen-bond donors (Lipinski definition) is 3. The van der Waals surface area contributed by atoms with Gasteiger partial charge in [-0.1, -0.05) is 0 Å². The average molecular weight is 289 g/mol. The number of carbonyl (C=O) groups is 3. The fourth-order valence-corrected chi connectivity index (χ4v) is 2.32. The molecule has 2 unspecified atom stereocenters. The summed E-state index contributed by atoms with van der Waals surface area (Å²) in [6.07, 6.45) is -0.331. The lowest BCUT2D eigenvalue weighted by atomic mass is 10.1. The molecule has 1 saturated heterocycles. The van der Waals surface area contributed by atoms with E-state index in [2.05, 4.69) is 16.0 Å². The Morgan fingerprint density at radius 1 is 1.38 bits per heavy atom. The van der Waals surface area contributed by atoms with Crippen molar-refractivity contribution in [2.75, 3.05) is 17.2 Å². The largest absolute Gasteiger partial charge is 0.479 e. The average Bonchev–Trinajstić information content (AvgIpc) is 2.87. The zero-order valence-corrected chi connectivity index (χ0v) is 11.4. The summed E-state index contributed by atoms with van der Waals surface area (Å²) in [5.74, 6) is -0.353. The Hall–Kier alpha value is -2.57. The number of anilines is 2. The Kier molecular flexibility index (Phi) is 3.25. The molecule has 2 heterocycles. The smallest absolute Gasteiger partial charge is 0.265 e. The minimum atomic E-state index is -0.534. The molecule has 110 valence electrons. The lowest BCUT2D eigenvalue weighted by molar-refractivity contribution is -0.123. The molecular formula is C14H15N3O4. The van der Waals surface area contributed by atoms with Gasteiger partial charge in [0.2, 0.25) is 11.8 Å². The highest BCUT2D eigenvalue weighted by Crippen LogP contribution is 2.32. The second-order valence-electron chi connectivity index (χ2n) is 5.15. The SMILES string of the molecule is CC1Oc2ccc(NC(=O)C3CNC(=O)C3)cc2NC1=O. The molecule has 2 aliphatic heterocycles. The van der Waals surface area contributed by atoms with Gasteiger partial charge in [-0.3, -0.25) is 14.4 Å². The maximum absolute atomic E-state index is 12.0. The summed E-state index contributed by atoms with van der Waals surface area (Å²) in [7, 11) is 0. The monoisotopic (exact) mass is 289 g/mol. The van der Waals surface area contributed by atoms with E-state index >= 15 is 0 Å². The van der Waals surface area contributed by atoms with Crippen molar-refractivity contribution in [2.45, 2.75) is 19.4 Å². The number of fused-ring (bicyclic) bond motifs is 1. The van der Waals surface area contributed by atoms with Gasteiger partial charge in [-0.15, -0.1) is 0 Å². The molecule has 2 aliphatic rings. The van der Waals surface area contributed by atoms with Crippen LogP contribution in [0.4, 0.5) is 11.4 Å². The predicted molar refractivity (Wildman–Crippen MR) is 74.9 cm³/mol. The van der Waals surface area contributed by atoms with Gasteiger partial charge in [-0.2, -0.15) is 0 Å². The van der Waals surface area contributed by atoms with E-state index in [1.165, 1.54) is 0 Å². The van der Waals surface area contributed by atoms with Crippen molar-refractivity contribution in [3.63, 3.8) is 0 Å². The van der Waals surface area contributed by atoms with E-state index in [4.69, 9.17) is 4.74 Å². The molecule has 1 aromatic rings. The van der Waals surface area contributed by atoms with Crippen molar-refractivity contribution in [1.29, 1.82) is 0 Å². The maximum Gasteiger partial charge on any atom is 0.265 e. The van der Waals surface area contributed by atoms with E-state index < -0.39 is 6.10 Å². The van der Waals surface area contributed by atoms with Gasteiger partial charge in [-0.25, -0.2) is 0 Å². The van der Waals surface area contributed by atoms with E-state index in [-0.39, 0.29) is 30.1 Å². The number of amides is 3. The summed E-state index contributed by atoms with van der Waals surface area (Å²) in [5.41, 5.74) is 1.08. The van der Waals surface area contributed by atoms with Crippen LogP contribution in [-0.2, 0) is 14.4 Å². The van der Waals surface area contributed by atoms with Crippen molar-refractivity contribution in [3.05, 3.63) is 18.2 Å². The maximum atomic E-state index is 12.0. The molecule has 3 N–H and O–H groups in total. The highest BCUT2D eigenvalue weighted by Gasteiger charge is 2.28. The highest BCUT2D eigenvalue weighted by atomic mass is 16.5. The molecule has 1 fully saturated rings. The summed E-state index contributed by atoms with van der Waals surface area (Å²) in [5, 5.41) is 8.08. The summed E-state index contributed by atoms with van der Waals surface area (Å²) < 4.78 is 5.44. The van der Waals surface area contributed by atoms with Crippen molar-refractivity contribution >= 4 is 29.1 Å². The second-order valence-corrected chi connectivity index (χ2v) is 5.15. The van der Waals surface area contributed by atoms with Crippen molar-refractivity contribution in [3.8, 4) is 5.75 Å². The predicted octanol–water partition coefficient (Wildman–Crippen LogP) is 0.481. The van der Waals surface area contributed by atoms with Crippen LogP contribution in [-0.4, -0.2) is 30.4 Å². The van der Waals surface area contributed by atoms with Crippen LogP contribution in [0.25, 0.3) is 0 Å². The van der Waals surface area contributed by atoms with E-state index in [0.717, 1.165) is 0 Å². The minimum Gasteiger partial charge on any atom is -0.479 e. The Morgan fingerprint density at radius 2 is 2.19 bits per heavy atom. The van der Waals surface area contributed by atoms with Gasteiger partial charge in [0, 0.05) is 18.7 Å². The molecule has 7 nitrogen and oxygen atoms in total. The fourth-order valence-electron chi connectivity index (χ4n) is 2.32. The Balaban J connectivity index is 1.72. The topological polar surface area (TPSA) is 96.5 Å². The van der Waals surface area contributed by atoms with Gasteiger partial charge in [0.25, 0.3) is 5.91 Å². The quantitative estimate of drug-likeness (QED) is 0.738. The second kappa shape index (κ2) is 5.08. The Labute approximate surface area is 121 Å². The molecule has 0 saturated carbocycles. The normalized spacial score (nSPS) is 23.7. The lowest BCUT2D eigenvalue weighted by Gasteiger charge is -2.23. The van der Waals surface area contributed by atoms with Crippen LogP contribution in [0, 0.1) is 5.92 Å². The van der Waals surface area contributed by atoms with Crippen molar-refractivity contribution in [2.24, 2.45) is 5.92 Å². The minimum absolute atomic E-state index is 0.116. The molecule has 0 aromatic heterocycles. The number of benzene rings is 1. The number of rotatable bonds is 2. The lowest BCUT2D eigenvalue weighted by Crippen LogP contribution is -2.34. The molecule has 3 amide bonds. The first-order valence-electron chi connectivity index (χ1n) is 6.72. The Morgan fingerprint density at radius 3 is 2.90 bits per heavy atom. The van der Waals surface area contributed by atoms with E-state index in [1.54, 1.807) is 25.1 Å². The molecule has 3 rings (SSSR count). The third-order valence-corrected chi connectivity index (χ3v) is 3.53. The van der Waals surface area contributed by atoms with Gasteiger partial charge in [0.15, 0.2) is 6.10 Å². The first-order chi connectivity index (χ1) is 10.0. The van der Waals surface area contributed by atoms with Crippen LogP contribution in [0.3, 0.4) is 0 Å². The summed E-state index contributed by atoms with van der Waals surface area (Å²) in [6, 6.07) is 5.03. The highest BCUT2D eigenvalue weighted by molar-refractivity contribution is 6.00. The summed E-state index contributed by atoms with van der Waals surface area (Å²) in [4.78, 5) is 34.7. The summed E-state index contributed by atoms with van der Waals surface area (Å²) >= 11 is 0. The van der Waals surface area contributed by atoms with E-state index in [1.807, 2.05) is 0 Å². The first-order valence-corrected chi connectivity index (χ1v) is 6.72. The van der Waals surface area contributed by atoms with E-state index in [9.17, 15) is 14.4 Å². The van der Waals surface area contributed by atoms with Crippen molar-refractivity contribution in [1.82, 2.24) is 5.32 Å². The van der Waals surface area contributed by atoms with E-state index in [0.29, 0.717) is 23.7 Å². The molecular weight excluding hydrogens is 274 g/mol. The third-order valence-electron chi connectivity index (χ3n) is 3.53. The van der Waals surface area contributed by atoms with Crippen LogP contribution < -0.4 is 20.7 Å². The van der Waals surface area contributed by atoms with Crippen molar-refractivity contribution < 1.29 is 19.1 Å². The van der Waals surface area contributed by atoms with Crippen LogP contribution in [0.5, 0.6) is 5.75 Å². The molecule has 0 aliphatic carbocycles. The van der Waals surface area contributed by atoms with Crippen LogP contribution in [0.2, 0.25) is 0 Å². The summed E-state index contributed by atoms with van der Waals surface area (Å²) in [6.45, 7) is 2.02. The molecule has 2 atom stereocenters. The molecule has 0 spiro atoms. The molecule has 7 heteroatoms. The zero-order chi connectivity index (χ0) is 15.0. The van der Waals surface area contributed by atoms with Crippen LogP contribution in [0.15, 0.2) is 18.2 Å². The fraction of sp³-hybridized carbons (Fsp3) is 0.357. The third kappa shape index (κ3) is 2.67. The molecule has 1 aromatic carbocycles. The number of ether oxygens (including phenoxy) is 1. The molecule has 21 heavy (non-hydrogen) atoms. The van der Waals surface area contributed by atoms with Gasteiger partial charge in [0.05, 0.1) is 11.6 Å². The molecule has 0 radical (unpaired) electrons. The molecule has 0 bridgehead atoms. The van der Waals surface area contributed by atoms with Crippen LogP contribution >= 0.6 is 0 Å². The standard InChI is InChI=1S/C14H15N3O4/c1-7-13(19)17-10-5-9(2-3-11(10)21-7)16-14(20)8-4-12(18)15-6-8/h2-3,5,7-8H,4,6H2,1H3,(H,15,18)(H,16,20)(H,17,19). The first kappa shape index (κ1) is 13.4. The number of carbonyl (C=O) groups excluding carboxylic acids is 3. The zero-order valence-electron chi connectivity index (χ0n) is 11.4. The van der Waals surface area contributed by atoms with Gasteiger partial charge >= 0.3 is 0 Å². The van der Waals surface area contributed by atoms with Gasteiger partial charge < -0.3 is 20.7 Å². The number of hydrogen-bond acceptors (Lipinski definition) is 4. The van der Waals surface area contributed by atoms with Gasteiger partial charge in [0.1, 0.15) is 5.75 Å². The Bertz CT molecular complexity index is 629. The van der Waals surface area contributed by atoms with Crippen LogP contribution in [0.1, 0.15) is 13.3 Å². The number of nitrogens with one attached hydrogen (secondary N) is 3.